The molecule has 0 unspecified atom stereocenters. The van der Waals surface area contributed by atoms with Crippen LogP contribution in [0.4, 0.5) is 17.6 Å². The quantitative estimate of drug-likeness (QED) is 0.840. The lowest BCUT2D eigenvalue weighted by Crippen LogP contribution is -2.42. The Morgan fingerprint density at radius 2 is 1.86 bits per heavy atom. The molecule has 0 bridgehead atoms. The van der Waals surface area contributed by atoms with Crippen molar-refractivity contribution in [2.24, 2.45) is 5.92 Å². The van der Waals surface area contributed by atoms with Crippen molar-refractivity contribution in [2.75, 3.05) is 0 Å². The summed E-state index contributed by atoms with van der Waals surface area (Å²) in [6.07, 6.45) is -5.84. The Kier molecular flexibility index (Phi) is 4.51. The predicted molar refractivity (Wildman–Crippen MR) is 66.7 cm³/mol. The van der Waals surface area contributed by atoms with Crippen molar-refractivity contribution in [3.05, 3.63) is 35.6 Å². The molecule has 3 nitrogen and oxygen atoms in total. The minimum atomic E-state index is -4.57. The van der Waals surface area contributed by atoms with Crippen molar-refractivity contribution in [1.29, 1.82) is 0 Å². The van der Waals surface area contributed by atoms with Gasteiger partial charge in [0.25, 0.3) is 0 Å². The number of nitrogens with one attached hydrogen (secondary N) is 1. The third-order valence-corrected chi connectivity index (χ3v) is 3.53. The summed E-state index contributed by atoms with van der Waals surface area (Å²) in [6.45, 7) is 0. The van der Waals surface area contributed by atoms with Crippen LogP contribution in [0.5, 0.6) is 0 Å². The second kappa shape index (κ2) is 6.01. The van der Waals surface area contributed by atoms with Crippen LogP contribution in [-0.2, 0) is 4.79 Å². The summed E-state index contributed by atoms with van der Waals surface area (Å²) >= 11 is 0. The standard InChI is InChI=1S/C14H15F4NO2/c15-10-3-1-8(2-4-10)13(9-5-11(20)6-9)19-12(21)7-14(16,17)18/h1-4,9,11,13,20H,5-7H2,(H,19,21)/t9?,11?,13-/m0/s1. The molecular formula is C14H15F4NO2. The van der Waals surface area contributed by atoms with E-state index in [1.807, 2.05) is 0 Å². The Morgan fingerprint density at radius 1 is 1.29 bits per heavy atom. The predicted octanol–water partition coefficient (Wildman–Crippen LogP) is 2.71. The minimum Gasteiger partial charge on any atom is -0.393 e. The Morgan fingerprint density at radius 3 is 2.33 bits per heavy atom. The third kappa shape index (κ3) is 4.42. The number of halogens is 4. The maximum atomic E-state index is 12.9. The van der Waals surface area contributed by atoms with Gasteiger partial charge in [0, 0.05) is 0 Å². The van der Waals surface area contributed by atoms with Gasteiger partial charge in [-0.15, -0.1) is 0 Å². The highest BCUT2D eigenvalue weighted by Crippen LogP contribution is 2.38. The molecule has 2 N–H and O–H groups in total. The first-order valence-electron chi connectivity index (χ1n) is 6.54. The molecule has 1 aliphatic rings. The Hall–Kier alpha value is -1.63. The molecule has 1 aromatic rings. The van der Waals surface area contributed by atoms with E-state index in [1.54, 1.807) is 0 Å². The van der Waals surface area contributed by atoms with Crippen LogP contribution in [-0.4, -0.2) is 23.3 Å². The topological polar surface area (TPSA) is 49.3 Å². The first kappa shape index (κ1) is 15.8. The largest absolute Gasteiger partial charge is 0.397 e. The summed E-state index contributed by atoms with van der Waals surface area (Å²) in [7, 11) is 0. The van der Waals surface area contributed by atoms with E-state index in [2.05, 4.69) is 5.32 Å². The van der Waals surface area contributed by atoms with Crippen molar-refractivity contribution >= 4 is 5.91 Å². The number of benzene rings is 1. The molecule has 0 heterocycles. The molecule has 0 radical (unpaired) electrons. The van der Waals surface area contributed by atoms with Crippen molar-refractivity contribution in [3.8, 4) is 0 Å². The summed E-state index contributed by atoms with van der Waals surface area (Å²) in [5.74, 6) is -1.74. The first-order chi connectivity index (χ1) is 9.74. The van der Waals surface area contributed by atoms with Gasteiger partial charge in [0.2, 0.25) is 5.91 Å². The molecule has 2 rings (SSSR count). The number of alkyl halides is 3. The van der Waals surface area contributed by atoms with Gasteiger partial charge >= 0.3 is 6.18 Å². The van der Waals surface area contributed by atoms with Crippen LogP contribution in [0, 0.1) is 11.7 Å². The lowest BCUT2D eigenvalue weighted by atomic mass is 9.75. The first-order valence-corrected chi connectivity index (χ1v) is 6.54. The summed E-state index contributed by atoms with van der Waals surface area (Å²) < 4.78 is 49.6. The average Bonchev–Trinajstić information content (AvgIpc) is 2.31. The van der Waals surface area contributed by atoms with Gasteiger partial charge in [-0.25, -0.2) is 4.39 Å². The third-order valence-electron chi connectivity index (χ3n) is 3.53. The number of hydrogen-bond acceptors (Lipinski definition) is 2. The van der Waals surface area contributed by atoms with Gasteiger partial charge in [0.05, 0.1) is 12.1 Å². The van der Waals surface area contributed by atoms with Crippen molar-refractivity contribution in [3.63, 3.8) is 0 Å². The van der Waals surface area contributed by atoms with Crippen LogP contribution in [0.1, 0.15) is 30.9 Å². The number of rotatable bonds is 4. The summed E-state index contributed by atoms with van der Waals surface area (Å²) in [4.78, 5) is 11.5. The lowest BCUT2D eigenvalue weighted by molar-refractivity contribution is -0.155. The Labute approximate surface area is 119 Å². The average molecular weight is 305 g/mol. The van der Waals surface area contributed by atoms with Gasteiger partial charge < -0.3 is 10.4 Å². The number of aliphatic hydroxyl groups excluding tert-OH is 1. The monoisotopic (exact) mass is 305 g/mol. The van der Waals surface area contributed by atoms with E-state index in [1.165, 1.54) is 24.3 Å². The molecule has 1 amide bonds. The number of amides is 1. The smallest absolute Gasteiger partial charge is 0.393 e. The van der Waals surface area contributed by atoms with Gasteiger partial charge in [-0.3, -0.25) is 4.79 Å². The Balaban J connectivity index is 2.09. The van der Waals surface area contributed by atoms with E-state index < -0.39 is 36.5 Å². The molecule has 1 saturated carbocycles. The van der Waals surface area contributed by atoms with Crippen LogP contribution in [0.15, 0.2) is 24.3 Å². The molecule has 0 aromatic heterocycles. The zero-order valence-corrected chi connectivity index (χ0v) is 11.0. The normalized spacial score (nSPS) is 23.3. The van der Waals surface area contributed by atoms with Crippen LogP contribution < -0.4 is 5.32 Å². The van der Waals surface area contributed by atoms with Crippen LogP contribution >= 0.6 is 0 Å². The molecule has 1 atom stereocenters. The highest BCUT2D eigenvalue weighted by atomic mass is 19.4. The number of carbonyl (C=O) groups is 1. The molecule has 1 fully saturated rings. The van der Waals surface area contributed by atoms with E-state index >= 15 is 0 Å². The summed E-state index contributed by atoms with van der Waals surface area (Å²) in [5, 5.41) is 11.7. The Bertz CT molecular complexity index is 495. The molecule has 1 aromatic carbocycles. The molecule has 0 spiro atoms. The second-order valence-corrected chi connectivity index (χ2v) is 5.27. The van der Waals surface area contributed by atoms with E-state index in [9.17, 15) is 27.5 Å². The van der Waals surface area contributed by atoms with Crippen LogP contribution in [0.3, 0.4) is 0 Å². The summed E-state index contributed by atoms with van der Waals surface area (Å²) in [6, 6.07) is 4.58. The molecule has 116 valence electrons. The van der Waals surface area contributed by atoms with Crippen molar-refractivity contribution in [1.82, 2.24) is 5.32 Å². The zero-order valence-electron chi connectivity index (χ0n) is 11.0. The van der Waals surface area contributed by atoms with E-state index in [0.717, 1.165) is 0 Å². The summed E-state index contributed by atoms with van der Waals surface area (Å²) in [5.41, 5.74) is 0.531. The number of aliphatic hydroxyl groups is 1. The maximum Gasteiger partial charge on any atom is 0.397 e. The van der Waals surface area contributed by atoms with Crippen molar-refractivity contribution < 1.29 is 27.5 Å². The van der Waals surface area contributed by atoms with Crippen LogP contribution in [0.2, 0.25) is 0 Å². The fraction of sp³-hybridized carbons (Fsp3) is 0.500. The van der Waals surface area contributed by atoms with Gasteiger partial charge in [-0.05, 0) is 36.5 Å². The van der Waals surface area contributed by atoms with Crippen molar-refractivity contribution in [2.45, 2.75) is 37.6 Å². The van der Waals surface area contributed by atoms with Gasteiger partial charge in [0.15, 0.2) is 0 Å². The molecular weight excluding hydrogens is 290 g/mol. The minimum absolute atomic E-state index is 0.150. The lowest BCUT2D eigenvalue weighted by Gasteiger charge is -2.38. The molecule has 7 heteroatoms. The molecule has 21 heavy (non-hydrogen) atoms. The maximum absolute atomic E-state index is 12.9. The number of carbonyl (C=O) groups excluding carboxylic acids is 1. The second-order valence-electron chi connectivity index (χ2n) is 5.27. The van der Waals surface area contributed by atoms with E-state index in [0.29, 0.717) is 18.4 Å². The highest BCUT2D eigenvalue weighted by Gasteiger charge is 2.38. The zero-order chi connectivity index (χ0) is 15.6. The SMILES string of the molecule is O=C(CC(F)(F)F)N[C@@H](c1ccc(F)cc1)C1CC(O)C1. The van der Waals surface area contributed by atoms with Gasteiger partial charge in [-0.1, -0.05) is 12.1 Å². The number of hydrogen-bond donors (Lipinski definition) is 2. The molecule has 1 aliphatic carbocycles. The van der Waals surface area contributed by atoms with Gasteiger partial charge in [0.1, 0.15) is 12.2 Å². The highest BCUT2D eigenvalue weighted by molar-refractivity contribution is 5.77. The van der Waals surface area contributed by atoms with Gasteiger partial charge in [-0.2, -0.15) is 13.2 Å². The molecule has 0 aliphatic heterocycles. The fourth-order valence-corrected chi connectivity index (χ4v) is 2.45. The van der Waals surface area contributed by atoms with E-state index in [-0.39, 0.29) is 5.92 Å². The fourth-order valence-electron chi connectivity index (χ4n) is 2.45. The molecule has 0 saturated heterocycles. The van der Waals surface area contributed by atoms with Crippen LogP contribution in [0.25, 0.3) is 0 Å². The van der Waals surface area contributed by atoms with E-state index in [4.69, 9.17) is 0 Å².